The second-order valence-electron chi connectivity index (χ2n) is 5.88. The number of hydrogen-bond acceptors (Lipinski definition) is 2. The second-order valence-corrected chi connectivity index (χ2v) is 5.88. The van der Waals surface area contributed by atoms with Gasteiger partial charge in [-0.05, 0) is 31.2 Å². The molecule has 2 unspecified atom stereocenters. The lowest BCUT2D eigenvalue weighted by Crippen LogP contribution is -2.40. The van der Waals surface area contributed by atoms with E-state index in [2.05, 4.69) is 44.7 Å². The molecule has 112 valence electrons. The zero-order chi connectivity index (χ0) is 15.1. The van der Waals surface area contributed by atoms with Gasteiger partial charge in [-0.1, -0.05) is 51.1 Å². The zero-order valence-electron chi connectivity index (χ0n) is 13.0. The molecule has 2 atom stereocenters. The Morgan fingerprint density at radius 3 is 2.25 bits per heavy atom. The van der Waals surface area contributed by atoms with Crippen molar-refractivity contribution >= 4 is 5.97 Å². The topological polar surface area (TPSA) is 40.5 Å². The van der Waals surface area contributed by atoms with Gasteiger partial charge in [0, 0.05) is 12.1 Å². The van der Waals surface area contributed by atoms with E-state index in [1.165, 1.54) is 5.56 Å². The van der Waals surface area contributed by atoms with Crippen molar-refractivity contribution in [1.82, 2.24) is 4.90 Å². The molecule has 3 heteroatoms. The highest BCUT2D eigenvalue weighted by Crippen LogP contribution is 2.30. The molecule has 0 bridgehead atoms. The number of nitrogens with zero attached hydrogens (tertiary/aromatic N) is 1. The Labute approximate surface area is 122 Å². The van der Waals surface area contributed by atoms with Crippen LogP contribution in [-0.2, 0) is 4.79 Å². The van der Waals surface area contributed by atoms with Gasteiger partial charge in [0.1, 0.15) is 0 Å². The molecule has 3 nitrogen and oxygen atoms in total. The highest BCUT2D eigenvalue weighted by Gasteiger charge is 2.26. The largest absolute Gasteiger partial charge is 0.480 e. The molecule has 0 heterocycles. The van der Waals surface area contributed by atoms with Crippen LogP contribution in [0.25, 0.3) is 0 Å². The molecule has 1 aromatic carbocycles. The van der Waals surface area contributed by atoms with E-state index in [-0.39, 0.29) is 18.6 Å². The smallest absolute Gasteiger partial charge is 0.317 e. The van der Waals surface area contributed by atoms with Crippen molar-refractivity contribution in [2.45, 2.75) is 52.6 Å². The maximum absolute atomic E-state index is 11.2. The molecule has 0 radical (unpaired) electrons. The number of rotatable bonds is 8. The fourth-order valence-electron chi connectivity index (χ4n) is 2.55. The fourth-order valence-corrected chi connectivity index (χ4v) is 2.55. The summed E-state index contributed by atoms with van der Waals surface area (Å²) in [6.45, 7) is 8.69. The van der Waals surface area contributed by atoms with Gasteiger partial charge in [-0.3, -0.25) is 9.69 Å². The Bertz CT molecular complexity index is 403. The third-order valence-electron chi connectivity index (χ3n) is 3.75. The molecule has 0 fully saturated rings. The minimum atomic E-state index is -0.755. The van der Waals surface area contributed by atoms with Crippen LogP contribution in [0.3, 0.4) is 0 Å². The summed E-state index contributed by atoms with van der Waals surface area (Å²) in [5.74, 6) is -0.226. The van der Waals surface area contributed by atoms with Gasteiger partial charge in [0.2, 0.25) is 0 Å². The maximum atomic E-state index is 11.2. The highest BCUT2D eigenvalue weighted by molar-refractivity contribution is 5.69. The van der Waals surface area contributed by atoms with Crippen LogP contribution >= 0.6 is 0 Å². The van der Waals surface area contributed by atoms with E-state index in [0.717, 1.165) is 12.8 Å². The van der Waals surface area contributed by atoms with E-state index in [9.17, 15) is 9.90 Å². The van der Waals surface area contributed by atoms with Crippen molar-refractivity contribution in [2.24, 2.45) is 5.92 Å². The van der Waals surface area contributed by atoms with Gasteiger partial charge in [-0.15, -0.1) is 0 Å². The van der Waals surface area contributed by atoms with Gasteiger partial charge in [-0.2, -0.15) is 0 Å². The van der Waals surface area contributed by atoms with Crippen molar-refractivity contribution in [3.8, 4) is 0 Å². The van der Waals surface area contributed by atoms with Crippen LogP contribution in [0.5, 0.6) is 0 Å². The lowest BCUT2D eigenvalue weighted by molar-refractivity contribution is -0.139. The van der Waals surface area contributed by atoms with Gasteiger partial charge in [0.25, 0.3) is 0 Å². The van der Waals surface area contributed by atoms with E-state index in [1.807, 2.05) is 18.2 Å². The molecule has 20 heavy (non-hydrogen) atoms. The van der Waals surface area contributed by atoms with E-state index in [1.54, 1.807) is 0 Å². The fraction of sp³-hybridized carbons (Fsp3) is 0.588. The summed E-state index contributed by atoms with van der Waals surface area (Å²) in [5, 5.41) is 9.22. The summed E-state index contributed by atoms with van der Waals surface area (Å²) >= 11 is 0. The Balaban J connectivity index is 3.07. The van der Waals surface area contributed by atoms with Crippen LogP contribution in [0, 0.1) is 5.92 Å². The maximum Gasteiger partial charge on any atom is 0.317 e. The molecule has 0 aliphatic rings. The van der Waals surface area contributed by atoms with Crippen molar-refractivity contribution < 1.29 is 9.90 Å². The molecule has 0 amide bonds. The Morgan fingerprint density at radius 2 is 1.80 bits per heavy atom. The zero-order valence-corrected chi connectivity index (χ0v) is 13.0. The van der Waals surface area contributed by atoms with Crippen LogP contribution < -0.4 is 0 Å². The summed E-state index contributed by atoms with van der Waals surface area (Å²) < 4.78 is 0. The monoisotopic (exact) mass is 277 g/mol. The first-order valence-corrected chi connectivity index (χ1v) is 7.48. The standard InChI is InChI=1S/C17H27NO2/c1-5-14(4)18(12-17(19)20)16(11-13(2)3)15-9-7-6-8-10-15/h6-10,13-14,16H,5,11-12H2,1-4H3,(H,19,20). The third kappa shape index (κ3) is 4.97. The second kappa shape index (κ2) is 8.05. The number of benzene rings is 1. The van der Waals surface area contributed by atoms with Crippen molar-refractivity contribution in [1.29, 1.82) is 0 Å². The molecule has 1 N–H and O–H groups in total. The third-order valence-corrected chi connectivity index (χ3v) is 3.75. The van der Waals surface area contributed by atoms with E-state index >= 15 is 0 Å². The highest BCUT2D eigenvalue weighted by atomic mass is 16.4. The number of hydrogen-bond donors (Lipinski definition) is 1. The van der Waals surface area contributed by atoms with Crippen molar-refractivity contribution in [2.75, 3.05) is 6.54 Å². The summed E-state index contributed by atoms with van der Waals surface area (Å²) in [7, 11) is 0. The van der Waals surface area contributed by atoms with E-state index < -0.39 is 5.97 Å². The SMILES string of the molecule is CCC(C)N(CC(=O)O)C(CC(C)C)c1ccccc1. The number of carboxylic acid groups (broad SMARTS) is 1. The van der Waals surface area contributed by atoms with Crippen LogP contribution in [0.15, 0.2) is 30.3 Å². The number of carboxylic acids is 1. The van der Waals surface area contributed by atoms with E-state index in [0.29, 0.717) is 5.92 Å². The van der Waals surface area contributed by atoms with Gasteiger partial charge >= 0.3 is 5.97 Å². The minimum absolute atomic E-state index is 0.0985. The Kier molecular flexibility index (Phi) is 6.73. The lowest BCUT2D eigenvalue weighted by atomic mass is 9.94. The van der Waals surface area contributed by atoms with Gasteiger partial charge < -0.3 is 5.11 Å². The molecule has 0 saturated carbocycles. The molecule has 0 aromatic heterocycles. The molecule has 0 saturated heterocycles. The molecule has 1 aromatic rings. The first kappa shape index (κ1) is 16.7. The first-order chi connectivity index (χ1) is 9.45. The molecule has 0 spiro atoms. The normalized spacial score (nSPS) is 14.5. The predicted octanol–water partition coefficient (Wildman–Crippen LogP) is 3.96. The van der Waals surface area contributed by atoms with Gasteiger partial charge in [0.15, 0.2) is 0 Å². The van der Waals surface area contributed by atoms with Crippen molar-refractivity contribution in [3.05, 3.63) is 35.9 Å². The first-order valence-electron chi connectivity index (χ1n) is 7.48. The molecule has 0 aliphatic carbocycles. The average molecular weight is 277 g/mol. The Morgan fingerprint density at radius 1 is 1.20 bits per heavy atom. The van der Waals surface area contributed by atoms with Crippen LogP contribution in [0.4, 0.5) is 0 Å². The van der Waals surface area contributed by atoms with Gasteiger partial charge in [-0.25, -0.2) is 0 Å². The summed E-state index contributed by atoms with van der Waals surface area (Å²) in [4.78, 5) is 13.3. The summed E-state index contributed by atoms with van der Waals surface area (Å²) in [6, 6.07) is 10.7. The molecular weight excluding hydrogens is 250 g/mol. The Hall–Kier alpha value is -1.35. The van der Waals surface area contributed by atoms with Crippen LogP contribution in [-0.4, -0.2) is 28.6 Å². The number of carbonyl (C=O) groups is 1. The van der Waals surface area contributed by atoms with E-state index in [4.69, 9.17) is 0 Å². The molecule has 1 rings (SSSR count). The predicted molar refractivity (Wildman–Crippen MR) is 82.7 cm³/mol. The summed E-state index contributed by atoms with van der Waals surface area (Å²) in [5.41, 5.74) is 1.21. The van der Waals surface area contributed by atoms with Crippen LogP contribution in [0.1, 0.15) is 52.1 Å². The molecule has 0 aliphatic heterocycles. The van der Waals surface area contributed by atoms with Crippen molar-refractivity contribution in [3.63, 3.8) is 0 Å². The number of aliphatic carboxylic acids is 1. The average Bonchev–Trinajstić information content (AvgIpc) is 2.42. The van der Waals surface area contributed by atoms with Gasteiger partial charge in [0.05, 0.1) is 6.54 Å². The van der Waals surface area contributed by atoms with Crippen LogP contribution in [0.2, 0.25) is 0 Å². The molecular formula is C17H27NO2. The minimum Gasteiger partial charge on any atom is -0.480 e. The summed E-state index contributed by atoms with van der Waals surface area (Å²) in [6.07, 6.45) is 1.93. The lowest BCUT2D eigenvalue weighted by Gasteiger charge is -2.36. The quantitative estimate of drug-likeness (QED) is 0.782.